The summed E-state index contributed by atoms with van der Waals surface area (Å²) in [4.78, 5) is 11.5. The minimum absolute atomic E-state index is 0.169. The first-order valence-electron chi connectivity index (χ1n) is 4.56. The fraction of sp³-hybridized carbons (Fsp3) is 0.300. The number of carbonyl (C=O) groups excluding carboxylic acids is 1. The van der Waals surface area contributed by atoms with Crippen molar-refractivity contribution in [3.8, 4) is 0 Å². The number of nitrogens with one attached hydrogen (secondary N) is 1. The average Bonchev–Trinajstić information content (AvgIpc) is 2.20. The van der Waals surface area contributed by atoms with Gasteiger partial charge in [-0.1, -0.05) is 18.5 Å². The van der Waals surface area contributed by atoms with Crippen molar-refractivity contribution in [1.29, 1.82) is 0 Å². The van der Waals surface area contributed by atoms with Crippen LogP contribution in [0, 0.1) is 3.57 Å². The van der Waals surface area contributed by atoms with E-state index in [9.17, 15) is 4.79 Å². The van der Waals surface area contributed by atoms with E-state index in [-0.39, 0.29) is 5.91 Å². The largest absolute Gasteiger partial charge is 0.324 e. The zero-order valence-corrected chi connectivity index (χ0v) is 11.2. The van der Waals surface area contributed by atoms with Gasteiger partial charge in [0.05, 0.1) is 11.7 Å². The molecule has 1 rings (SSSR count). The number of nitrogens with two attached hydrogens (primary N) is 1. The predicted octanol–water partition coefficient (Wildman–Crippen LogP) is 2.62. The zero-order valence-electron chi connectivity index (χ0n) is 8.26. The quantitative estimate of drug-likeness (QED) is 0.833. The third kappa shape index (κ3) is 3.62. The zero-order chi connectivity index (χ0) is 11.4. The molecule has 5 heteroatoms. The molecule has 3 N–H and O–H groups in total. The molecule has 0 aliphatic carbocycles. The molecule has 0 unspecified atom stereocenters. The Morgan fingerprint density at radius 3 is 2.87 bits per heavy atom. The number of hydrogen-bond donors (Lipinski definition) is 2. The third-order valence-electron chi connectivity index (χ3n) is 1.97. The molecule has 3 nitrogen and oxygen atoms in total. The monoisotopic (exact) mass is 338 g/mol. The van der Waals surface area contributed by atoms with Crippen molar-refractivity contribution in [2.75, 3.05) is 5.32 Å². The van der Waals surface area contributed by atoms with Gasteiger partial charge in [0.1, 0.15) is 0 Å². The van der Waals surface area contributed by atoms with E-state index < -0.39 is 6.04 Å². The van der Waals surface area contributed by atoms with Crippen molar-refractivity contribution in [1.82, 2.24) is 0 Å². The second-order valence-electron chi connectivity index (χ2n) is 3.13. The molecular formula is C10H12ClIN2O. The van der Waals surface area contributed by atoms with Gasteiger partial charge < -0.3 is 11.1 Å². The lowest BCUT2D eigenvalue weighted by atomic mass is 10.2. The highest BCUT2D eigenvalue weighted by Gasteiger charge is 2.12. The van der Waals surface area contributed by atoms with Gasteiger partial charge in [0.25, 0.3) is 0 Å². The molecule has 0 fully saturated rings. The van der Waals surface area contributed by atoms with Gasteiger partial charge in [0, 0.05) is 8.59 Å². The highest BCUT2D eigenvalue weighted by Crippen LogP contribution is 2.22. The lowest BCUT2D eigenvalue weighted by Crippen LogP contribution is -2.35. The number of halogens is 2. The Hall–Kier alpha value is -0.330. The number of carbonyl (C=O) groups is 1. The van der Waals surface area contributed by atoms with Crippen molar-refractivity contribution in [3.63, 3.8) is 0 Å². The van der Waals surface area contributed by atoms with Gasteiger partial charge in [-0.3, -0.25) is 4.79 Å². The van der Waals surface area contributed by atoms with E-state index >= 15 is 0 Å². The first-order chi connectivity index (χ1) is 7.04. The summed E-state index contributed by atoms with van der Waals surface area (Å²) in [5.74, 6) is -0.169. The minimum atomic E-state index is -0.462. The van der Waals surface area contributed by atoms with Gasteiger partial charge in [-0.15, -0.1) is 0 Å². The molecular weight excluding hydrogens is 326 g/mol. The lowest BCUT2D eigenvalue weighted by molar-refractivity contribution is -0.117. The molecule has 1 amide bonds. The first kappa shape index (κ1) is 12.7. The van der Waals surface area contributed by atoms with Crippen LogP contribution in [0.15, 0.2) is 18.2 Å². The number of amides is 1. The molecule has 0 aliphatic rings. The highest BCUT2D eigenvalue weighted by atomic mass is 127. The van der Waals surface area contributed by atoms with Crippen LogP contribution in [-0.2, 0) is 4.79 Å². The second kappa shape index (κ2) is 5.67. The Morgan fingerprint density at radius 2 is 2.33 bits per heavy atom. The molecule has 15 heavy (non-hydrogen) atoms. The van der Waals surface area contributed by atoms with Gasteiger partial charge >= 0.3 is 0 Å². The summed E-state index contributed by atoms with van der Waals surface area (Å²) in [6.07, 6.45) is 0.621. The third-order valence-corrected chi connectivity index (χ3v) is 3.09. The van der Waals surface area contributed by atoms with Gasteiger partial charge in [-0.2, -0.15) is 0 Å². The minimum Gasteiger partial charge on any atom is -0.324 e. The average molecular weight is 339 g/mol. The van der Waals surface area contributed by atoms with E-state index in [2.05, 4.69) is 27.9 Å². The van der Waals surface area contributed by atoms with Crippen LogP contribution < -0.4 is 11.1 Å². The van der Waals surface area contributed by atoms with Crippen LogP contribution in [0.4, 0.5) is 5.69 Å². The number of anilines is 1. The van der Waals surface area contributed by atoms with Crippen LogP contribution in [0.25, 0.3) is 0 Å². The fourth-order valence-electron chi connectivity index (χ4n) is 1.00. The Morgan fingerprint density at radius 1 is 1.67 bits per heavy atom. The summed E-state index contributed by atoms with van der Waals surface area (Å²) in [6, 6.07) is 4.83. The molecule has 0 bridgehead atoms. The van der Waals surface area contributed by atoms with Crippen LogP contribution in [0.3, 0.4) is 0 Å². The summed E-state index contributed by atoms with van der Waals surface area (Å²) in [5, 5.41) is 3.41. The maximum Gasteiger partial charge on any atom is 0.241 e. The van der Waals surface area contributed by atoms with Crippen LogP contribution in [-0.4, -0.2) is 11.9 Å². The van der Waals surface area contributed by atoms with Crippen LogP contribution in [0.1, 0.15) is 13.3 Å². The van der Waals surface area contributed by atoms with Crippen LogP contribution in [0.2, 0.25) is 5.02 Å². The maximum absolute atomic E-state index is 11.5. The van der Waals surface area contributed by atoms with Crippen molar-refractivity contribution in [2.45, 2.75) is 19.4 Å². The lowest BCUT2D eigenvalue weighted by Gasteiger charge is -2.11. The highest BCUT2D eigenvalue weighted by molar-refractivity contribution is 14.1. The van der Waals surface area contributed by atoms with E-state index in [1.807, 2.05) is 6.92 Å². The Balaban J connectivity index is 2.77. The van der Waals surface area contributed by atoms with Crippen molar-refractivity contribution in [3.05, 3.63) is 26.8 Å². The molecule has 1 aromatic carbocycles. The second-order valence-corrected chi connectivity index (χ2v) is 4.73. The smallest absolute Gasteiger partial charge is 0.241 e. The summed E-state index contributed by atoms with van der Waals surface area (Å²) in [5.41, 5.74) is 6.35. The molecule has 0 saturated heterocycles. The maximum atomic E-state index is 11.5. The van der Waals surface area contributed by atoms with Crippen LogP contribution in [0.5, 0.6) is 0 Å². The predicted molar refractivity (Wildman–Crippen MR) is 71.1 cm³/mol. The van der Waals surface area contributed by atoms with E-state index in [4.69, 9.17) is 17.3 Å². The number of hydrogen-bond acceptors (Lipinski definition) is 2. The van der Waals surface area contributed by atoms with Crippen molar-refractivity contribution < 1.29 is 4.79 Å². The normalized spacial score (nSPS) is 12.3. The molecule has 1 aromatic rings. The summed E-state index contributed by atoms with van der Waals surface area (Å²) in [7, 11) is 0. The molecule has 0 aliphatic heterocycles. The number of benzene rings is 1. The molecule has 1 atom stereocenters. The molecule has 0 saturated carbocycles. The Kier molecular flexibility index (Phi) is 4.82. The Labute approximate surface area is 108 Å². The van der Waals surface area contributed by atoms with Gasteiger partial charge in [-0.05, 0) is 47.2 Å². The summed E-state index contributed by atoms with van der Waals surface area (Å²) < 4.78 is 0.900. The van der Waals surface area contributed by atoms with Gasteiger partial charge in [0.2, 0.25) is 5.91 Å². The van der Waals surface area contributed by atoms with Crippen molar-refractivity contribution >= 4 is 45.8 Å². The SMILES string of the molecule is CC[C@H](N)C(=O)Nc1ccc(Cl)cc1I. The van der Waals surface area contributed by atoms with Crippen molar-refractivity contribution in [2.24, 2.45) is 5.73 Å². The van der Waals surface area contributed by atoms with E-state index in [0.29, 0.717) is 11.4 Å². The molecule has 82 valence electrons. The molecule has 0 spiro atoms. The molecule has 0 heterocycles. The molecule has 0 aromatic heterocycles. The Bertz CT molecular complexity index is 370. The number of rotatable bonds is 3. The topological polar surface area (TPSA) is 55.1 Å². The fourth-order valence-corrected chi connectivity index (χ4v) is 2.01. The van der Waals surface area contributed by atoms with Crippen LogP contribution >= 0.6 is 34.2 Å². The molecule has 0 radical (unpaired) electrons. The summed E-state index contributed by atoms with van der Waals surface area (Å²) >= 11 is 7.92. The van der Waals surface area contributed by atoms with E-state index in [1.54, 1.807) is 18.2 Å². The van der Waals surface area contributed by atoms with Gasteiger partial charge in [-0.25, -0.2) is 0 Å². The van der Waals surface area contributed by atoms with Gasteiger partial charge in [0.15, 0.2) is 0 Å². The standard InChI is InChI=1S/C10H12ClIN2O/c1-2-8(13)10(15)14-9-4-3-6(11)5-7(9)12/h3-5,8H,2,13H2,1H3,(H,14,15)/t8-/m0/s1. The van der Waals surface area contributed by atoms with E-state index in [0.717, 1.165) is 9.26 Å². The van der Waals surface area contributed by atoms with E-state index in [1.165, 1.54) is 0 Å². The summed E-state index contributed by atoms with van der Waals surface area (Å²) in [6.45, 7) is 1.87. The first-order valence-corrected chi connectivity index (χ1v) is 6.01.